The summed E-state index contributed by atoms with van der Waals surface area (Å²) in [5.41, 5.74) is 5.52. The van der Waals surface area contributed by atoms with Crippen LogP contribution < -0.4 is 11.1 Å². The fourth-order valence-corrected chi connectivity index (χ4v) is 3.06. The zero-order valence-corrected chi connectivity index (χ0v) is 12.6. The van der Waals surface area contributed by atoms with Crippen LogP contribution in [0.2, 0.25) is 0 Å². The smallest absolute Gasteiger partial charge is 0.237 e. The van der Waals surface area contributed by atoms with Crippen LogP contribution in [0.5, 0.6) is 0 Å². The number of hydrogen-bond donors (Lipinski definition) is 2. The van der Waals surface area contributed by atoms with E-state index in [0.717, 1.165) is 12.8 Å². The highest BCUT2D eigenvalue weighted by molar-refractivity contribution is 9.10. The van der Waals surface area contributed by atoms with Crippen LogP contribution >= 0.6 is 28.1 Å². The van der Waals surface area contributed by atoms with Crippen LogP contribution in [0, 0.1) is 11.2 Å². The van der Waals surface area contributed by atoms with E-state index in [-0.39, 0.29) is 16.7 Å². The Hall–Kier alpha value is -1.01. The molecule has 1 fully saturated rings. The van der Waals surface area contributed by atoms with Gasteiger partial charge in [-0.2, -0.15) is 0 Å². The number of nitrogens with two attached hydrogens (primary N) is 1. The monoisotopic (exact) mass is 344 g/mol. The fraction of sp³-hybridized carbons (Fsp3) is 0.385. The molecule has 0 radical (unpaired) electrons. The summed E-state index contributed by atoms with van der Waals surface area (Å²) in [5, 5.41) is 2.77. The summed E-state index contributed by atoms with van der Waals surface area (Å²) < 4.78 is 13.4. The lowest BCUT2D eigenvalue weighted by atomic mass is 9.85. The van der Waals surface area contributed by atoms with E-state index < -0.39 is 5.41 Å². The average Bonchev–Trinajstić information content (AvgIpc) is 2.84. The Bertz CT molecular complexity index is 529. The molecule has 19 heavy (non-hydrogen) atoms. The van der Waals surface area contributed by atoms with Gasteiger partial charge in [0.2, 0.25) is 5.91 Å². The molecule has 0 unspecified atom stereocenters. The lowest BCUT2D eigenvalue weighted by Crippen LogP contribution is -2.43. The number of amides is 1. The van der Waals surface area contributed by atoms with E-state index in [2.05, 4.69) is 21.2 Å². The molecule has 1 aliphatic rings. The first-order chi connectivity index (χ1) is 8.95. The second kappa shape index (κ2) is 5.54. The van der Waals surface area contributed by atoms with Crippen molar-refractivity contribution in [2.75, 3.05) is 5.32 Å². The maximum atomic E-state index is 13.1. The number of nitrogens with one attached hydrogen (secondary N) is 1. The van der Waals surface area contributed by atoms with Crippen LogP contribution in [0.15, 0.2) is 22.7 Å². The Morgan fingerprint density at radius 3 is 2.58 bits per heavy atom. The highest BCUT2D eigenvalue weighted by Gasteiger charge is 2.43. The number of thiocarbonyl (C=S) groups is 1. The molecule has 1 saturated carbocycles. The van der Waals surface area contributed by atoms with Gasteiger partial charge in [-0.1, -0.05) is 25.1 Å². The minimum absolute atomic E-state index is 0.198. The largest absolute Gasteiger partial charge is 0.392 e. The third kappa shape index (κ3) is 2.79. The van der Waals surface area contributed by atoms with Gasteiger partial charge < -0.3 is 11.1 Å². The number of benzene rings is 1. The van der Waals surface area contributed by atoms with Gasteiger partial charge in [0, 0.05) is 5.69 Å². The average molecular weight is 345 g/mol. The molecule has 6 heteroatoms. The van der Waals surface area contributed by atoms with Crippen LogP contribution in [0.1, 0.15) is 25.7 Å². The van der Waals surface area contributed by atoms with Gasteiger partial charge in [0.15, 0.2) is 0 Å². The minimum Gasteiger partial charge on any atom is -0.392 e. The minimum atomic E-state index is -0.754. The van der Waals surface area contributed by atoms with E-state index in [1.54, 1.807) is 0 Å². The lowest BCUT2D eigenvalue weighted by Gasteiger charge is -2.26. The van der Waals surface area contributed by atoms with E-state index in [1.165, 1.54) is 18.2 Å². The molecule has 0 spiro atoms. The van der Waals surface area contributed by atoms with Crippen LogP contribution in [-0.2, 0) is 4.79 Å². The van der Waals surface area contributed by atoms with Crippen molar-refractivity contribution >= 4 is 44.7 Å². The summed E-state index contributed by atoms with van der Waals surface area (Å²) in [7, 11) is 0. The van der Waals surface area contributed by atoms with Gasteiger partial charge in [-0.15, -0.1) is 0 Å². The SMILES string of the molecule is NC(=S)C1(C(=O)Nc2ccc(F)c(Br)c2)CCCC1. The number of rotatable bonds is 3. The molecule has 0 aromatic heterocycles. The van der Waals surface area contributed by atoms with Crippen molar-refractivity contribution < 1.29 is 9.18 Å². The molecule has 0 atom stereocenters. The van der Waals surface area contributed by atoms with Crippen LogP contribution in [0.3, 0.4) is 0 Å². The van der Waals surface area contributed by atoms with E-state index >= 15 is 0 Å². The molecule has 1 amide bonds. The first-order valence-electron chi connectivity index (χ1n) is 6.02. The molecule has 1 aromatic carbocycles. The summed E-state index contributed by atoms with van der Waals surface area (Å²) in [5.74, 6) is -0.570. The van der Waals surface area contributed by atoms with Gasteiger partial charge in [-0.3, -0.25) is 4.79 Å². The first-order valence-corrected chi connectivity index (χ1v) is 7.22. The van der Waals surface area contributed by atoms with E-state index in [4.69, 9.17) is 18.0 Å². The zero-order valence-electron chi connectivity index (χ0n) is 10.2. The number of anilines is 1. The summed E-state index contributed by atoms with van der Waals surface area (Å²) in [6, 6.07) is 4.33. The number of halogens is 2. The standard InChI is InChI=1S/C13H14BrFN2OS/c14-9-7-8(3-4-10(9)15)17-12(18)13(11(16)19)5-1-2-6-13/h3-4,7H,1-2,5-6H2,(H2,16,19)(H,17,18). The quantitative estimate of drug-likeness (QED) is 0.826. The second-order valence-corrected chi connectivity index (χ2v) is 6.03. The molecule has 2 rings (SSSR count). The molecule has 1 aromatic rings. The van der Waals surface area contributed by atoms with Gasteiger partial charge in [0.05, 0.1) is 14.9 Å². The third-order valence-corrected chi connectivity index (χ3v) is 4.54. The Kier molecular flexibility index (Phi) is 4.20. The molecule has 1 aliphatic carbocycles. The summed E-state index contributed by atoms with van der Waals surface area (Å²) in [6.07, 6.45) is 3.24. The third-order valence-electron chi connectivity index (χ3n) is 3.54. The zero-order chi connectivity index (χ0) is 14.0. The van der Waals surface area contributed by atoms with E-state index in [9.17, 15) is 9.18 Å². The number of carbonyl (C=O) groups is 1. The molecular formula is C13H14BrFN2OS. The number of hydrogen-bond acceptors (Lipinski definition) is 2. The van der Waals surface area contributed by atoms with Gasteiger partial charge in [-0.25, -0.2) is 4.39 Å². The lowest BCUT2D eigenvalue weighted by molar-refractivity contribution is -0.122. The van der Waals surface area contributed by atoms with Crippen molar-refractivity contribution in [1.29, 1.82) is 0 Å². The molecule has 0 aliphatic heterocycles. The molecule has 102 valence electrons. The van der Waals surface area contributed by atoms with Gasteiger partial charge in [0.1, 0.15) is 5.82 Å². The Morgan fingerprint density at radius 2 is 2.05 bits per heavy atom. The Balaban J connectivity index is 2.20. The predicted octanol–water partition coefficient (Wildman–Crippen LogP) is 3.37. The topological polar surface area (TPSA) is 55.1 Å². The van der Waals surface area contributed by atoms with Crippen molar-refractivity contribution in [3.8, 4) is 0 Å². The van der Waals surface area contributed by atoms with Crippen molar-refractivity contribution in [3.63, 3.8) is 0 Å². The van der Waals surface area contributed by atoms with Crippen LogP contribution in [-0.4, -0.2) is 10.9 Å². The normalized spacial score (nSPS) is 17.2. The Labute approximate surface area is 124 Å². The van der Waals surface area contributed by atoms with Gasteiger partial charge in [0.25, 0.3) is 0 Å². The fourth-order valence-electron chi connectivity index (χ4n) is 2.39. The summed E-state index contributed by atoms with van der Waals surface area (Å²) in [4.78, 5) is 12.6. The predicted molar refractivity (Wildman–Crippen MR) is 80.4 cm³/mol. The highest BCUT2D eigenvalue weighted by atomic mass is 79.9. The highest BCUT2D eigenvalue weighted by Crippen LogP contribution is 2.39. The molecule has 0 bridgehead atoms. The van der Waals surface area contributed by atoms with Crippen molar-refractivity contribution in [2.24, 2.45) is 11.1 Å². The van der Waals surface area contributed by atoms with Gasteiger partial charge in [-0.05, 0) is 47.0 Å². The summed E-state index contributed by atoms with van der Waals surface area (Å²) in [6.45, 7) is 0. The summed E-state index contributed by atoms with van der Waals surface area (Å²) >= 11 is 8.14. The Morgan fingerprint density at radius 1 is 1.42 bits per heavy atom. The number of carbonyl (C=O) groups excluding carboxylic acids is 1. The van der Waals surface area contributed by atoms with E-state index in [1.807, 2.05) is 0 Å². The maximum Gasteiger partial charge on any atom is 0.237 e. The molecule has 3 nitrogen and oxygen atoms in total. The van der Waals surface area contributed by atoms with Gasteiger partial charge >= 0.3 is 0 Å². The van der Waals surface area contributed by atoms with Crippen LogP contribution in [0.25, 0.3) is 0 Å². The maximum absolute atomic E-state index is 13.1. The molecule has 0 saturated heterocycles. The second-order valence-electron chi connectivity index (χ2n) is 4.74. The molecule has 0 heterocycles. The van der Waals surface area contributed by atoms with Crippen molar-refractivity contribution in [2.45, 2.75) is 25.7 Å². The molecular weight excluding hydrogens is 331 g/mol. The van der Waals surface area contributed by atoms with Crippen molar-refractivity contribution in [3.05, 3.63) is 28.5 Å². The van der Waals surface area contributed by atoms with E-state index in [0.29, 0.717) is 23.0 Å². The molecule has 3 N–H and O–H groups in total. The van der Waals surface area contributed by atoms with Crippen LogP contribution in [0.4, 0.5) is 10.1 Å². The first kappa shape index (κ1) is 14.4. The van der Waals surface area contributed by atoms with Crippen molar-refractivity contribution in [1.82, 2.24) is 0 Å².